The van der Waals surface area contributed by atoms with Gasteiger partial charge in [-0.2, -0.15) is 4.68 Å². The van der Waals surface area contributed by atoms with E-state index in [0.29, 0.717) is 15.9 Å². The van der Waals surface area contributed by atoms with E-state index in [-0.39, 0.29) is 12.4 Å². The molecule has 22 heavy (non-hydrogen) atoms. The number of benzene rings is 1. The highest BCUT2D eigenvalue weighted by Gasteiger charge is 2.11. The van der Waals surface area contributed by atoms with Crippen LogP contribution in [-0.4, -0.2) is 25.9 Å². The quantitative estimate of drug-likeness (QED) is 0.683. The highest BCUT2D eigenvalue weighted by molar-refractivity contribution is 6.30. The minimum Gasteiger partial charge on any atom is -0.437 e. The fraction of sp³-hybridized carbons (Fsp3) is 0.0714. The zero-order valence-electron chi connectivity index (χ0n) is 11.1. The average molecular weight is 317 g/mol. The summed E-state index contributed by atoms with van der Waals surface area (Å²) in [6.45, 7) is -0.357. The Morgan fingerprint density at radius 1 is 1.27 bits per heavy atom. The number of hydrogen-bond acceptors (Lipinski definition) is 6. The van der Waals surface area contributed by atoms with Crippen molar-refractivity contribution in [2.45, 2.75) is 6.73 Å². The lowest BCUT2D eigenvalue weighted by Crippen LogP contribution is -2.26. The predicted octanol–water partition coefficient (Wildman–Crippen LogP) is 1.65. The lowest BCUT2D eigenvalue weighted by Gasteiger charge is -2.06. The Kier molecular flexibility index (Phi) is 3.80. The Balaban J connectivity index is 1.81. The summed E-state index contributed by atoms with van der Waals surface area (Å²) in [6.07, 6.45) is 1.39. The first-order valence-corrected chi connectivity index (χ1v) is 6.64. The highest BCUT2D eigenvalue weighted by atomic mass is 35.5. The molecule has 0 fully saturated rings. The molecule has 110 valence electrons. The van der Waals surface area contributed by atoms with Crippen molar-refractivity contribution in [2.24, 2.45) is 0 Å². The number of halogens is 1. The third kappa shape index (κ3) is 2.79. The van der Waals surface area contributed by atoms with Gasteiger partial charge < -0.3 is 4.74 Å². The van der Waals surface area contributed by atoms with Crippen molar-refractivity contribution in [1.82, 2.24) is 20.0 Å². The van der Waals surface area contributed by atoms with E-state index in [2.05, 4.69) is 15.3 Å². The molecule has 0 spiro atoms. The first-order chi connectivity index (χ1) is 10.6. The molecule has 0 aliphatic carbocycles. The molecule has 2 heterocycles. The van der Waals surface area contributed by atoms with Crippen LogP contribution < -0.4 is 5.56 Å². The van der Waals surface area contributed by atoms with E-state index in [1.54, 1.807) is 24.3 Å². The van der Waals surface area contributed by atoms with Gasteiger partial charge >= 0.3 is 5.97 Å². The van der Waals surface area contributed by atoms with Gasteiger partial charge in [0, 0.05) is 11.2 Å². The van der Waals surface area contributed by atoms with Gasteiger partial charge in [0.15, 0.2) is 6.73 Å². The Bertz CT molecular complexity index is 910. The lowest BCUT2D eigenvalue weighted by atomic mass is 10.2. The number of nitrogens with zero attached hydrogens (tertiary/aromatic N) is 4. The SMILES string of the molecule is O=C(OCn1nnc2ccccc2c1=O)c1cc(Cl)ccn1. The molecular weight excluding hydrogens is 308 g/mol. The van der Waals surface area contributed by atoms with Gasteiger partial charge in [-0.1, -0.05) is 28.9 Å². The van der Waals surface area contributed by atoms with Gasteiger partial charge in [0.1, 0.15) is 11.2 Å². The molecule has 0 N–H and O–H groups in total. The molecule has 0 saturated carbocycles. The van der Waals surface area contributed by atoms with Crippen molar-refractivity contribution in [1.29, 1.82) is 0 Å². The molecule has 3 aromatic rings. The molecule has 0 amide bonds. The molecule has 8 heteroatoms. The zero-order chi connectivity index (χ0) is 15.5. The Morgan fingerprint density at radius 3 is 2.91 bits per heavy atom. The largest absolute Gasteiger partial charge is 0.437 e. The summed E-state index contributed by atoms with van der Waals surface area (Å²) in [5.41, 5.74) is 0.137. The smallest absolute Gasteiger partial charge is 0.358 e. The van der Waals surface area contributed by atoms with Gasteiger partial charge in [-0.3, -0.25) is 4.79 Å². The fourth-order valence-corrected chi connectivity index (χ4v) is 1.98. The molecule has 0 atom stereocenters. The van der Waals surface area contributed by atoms with Crippen LogP contribution in [0.15, 0.2) is 47.4 Å². The summed E-state index contributed by atoms with van der Waals surface area (Å²) in [6, 6.07) is 9.69. The van der Waals surface area contributed by atoms with E-state index in [1.165, 1.54) is 18.3 Å². The highest BCUT2D eigenvalue weighted by Crippen LogP contribution is 2.09. The molecule has 0 aliphatic heterocycles. The second-order valence-electron chi connectivity index (χ2n) is 4.33. The van der Waals surface area contributed by atoms with Crippen LogP contribution in [0.1, 0.15) is 10.5 Å². The van der Waals surface area contributed by atoms with E-state index in [9.17, 15) is 9.59 Å². The van der Waals surface area contributed by atoms with Crippen LogP contribution in [0.25, 0.3) is 10.9 Å². The normalized spacial score (nSPS) is 10.6. The number of pyridine rings is 1. The molecule has 0 bridgehead atoms. The predicted molar refractivity (Wildman–Crippen MR) is 78.5 cm³/mol. The Morgan fingerprint density at radius 2 is 2.09 bits per heavy atom. The van der Waals surface area contributed by atoms with Gasteiger partial charge in [-0.05, 0) is 24.3 Å². The number of rotatable bonds is 3. The van der Waals surface area contributed by atoms with Gasteiger partial charge in [-0.15, -0.1) is 5.10 Å². The first kappa shape index (κ1) is 14.2. The second-order valence-corrected chi connectivity index (χ2v) is 4.77. The van der Waals surface area contributed by atoms with E-state index >= 15 is 0 Å². The minimum atomic E-state index is -0.704. The topological polar surface area (TPSA) is 87.0 Å². The Hall–Kier alpha value is -2.80. The van der Waals surface area contributed by atoms with Gasteiger partial charge in [0.25, 0.3) is 5.56 Å². The van der Waals surface area contributed by atoms with Gasteiger partial charge in [0.2, 0.25) is 0 Å². The monoisotopic (exact) mass is 316 g/mol. The van der Waals surface area contributed by atoms with Crippen molar-refractivity contribution >= 4 is 28.5 Å². The van der Waals surface area contributed by atoms with Crippen molar-refractivity contribution in [3.63, 3.8) is 0 Å². The summed E-state index contributed by atoms with van der Waals surface area (Å²) in [4.78, 5) is 27.8. The molecule has 2 aromatic heterocycles. The van der Waals surface area contributed by atoms with E-state index < -0.39 is 11.5 Å². The molecule has 1 aromatic carbocycles. The maximum atomic E-state index is 12.2. The maximum absolute atomic E-state index is 12.2. The Labute approximate surface area is 129 Å². The fourth-order valence-electron chi connectivity index (χ4n) is 1.82. The van der Waals surface area contributed by atoms with E-state index in [1.807, 2.05) is 0 Å². The van der Waals surface area contributed by atoms with Crippen LogP contribution >= 0.6 is 11.6 Å². The van der Waals surface area contributed by atoms with Gasteiger partial charge in [0.05, 0.1) is 5.39 Å². The summed E-state index contributed by atoms with van der Waals surface area (Å²) in [7, 11) is 0. The van der Waals surface area contributed by atoms with Crippen LogP contribution in [0.4, 0.5) is 0 Å². The summed E-state index contributed by atoms with van der Waals surface area (Å²) in [5, 5.41) is 8.37. The summed E-state index contributed by atoms with van der Waals surface area (Å²) in [5.74, 6) is -0.704. The summed E-state index contributed by atoms with van der Waals surface area (Å²) < 4.78 is 5.96. The van der Waals surface area contributed by atoms with E-state index in [4.69, 9.17) is 16.3 Å². The van der Waals surface area contributed by atoms with Crippen LogP contribution in [-0.2, 0) is 11.5 Å². The average Bonchev–Trinajstić information content (AvgIpc) is 2.54. The maximum Gasteiger partial charge on any atom is 0.358 e. The molecule has 0 aliphatic rings. The number of ether oxygens (including phenoxy) is 1. The summed E-state index contributed by atoms with van der Waals surface area (Å²) >= 11 is 5.77. The number of aromatic nitrogens is 4. The third-order valence-corrected chi connectivity index (χ3v) is 3.11. The zero-order valence-corrected chi connectivity index (χ0v) is 11.9. The lowest BCUT2D eigenvalue weighted by molar-refractivity contribution is 0.0329. The van der Waals surface area contributed by atoms with Crippen LogP contribution in [0.5, 0.6) is 0 Å². The molecule has 0 radical (unpaired) electrons. The third-order valence-electron chi connectivity index (χ3n) is 2.88. The van der Waals surface area contributed by atoms with E-state index in [0.717, 1.165) is 4.68 Å². The van der Waals surface area contributed by atoms with Gasteiger partial charge in [-0.25, -0.2) is 9.78 Å². The number of hydrogen-bond donors (Lipinski definition) is 0. The van der Waals surface area contributed by atoms with Crippen LogP contribution in [0.3, 0.4) is 0 Å². The molecule has 0 unspecified atom stereocenters. The van der Waals surface area contributed by atoms with Crippen molar-refractivity contribution < 1.29 is 9.53 Å². The molecule has 0 saturated heterocycles. The second kappa shape index (κ2) is 5.90. The molecule has 7 nitrogen and oxygen atoms in total. The van der Waals surface area contributed by atoms with Crippen LogP contribution in [0, 0.1) is 0 Å². The van der Waals surface area contributed by atoms with Crippen LogP contribution in [0.2, 0.25) is 5.02 Å². The van der Waals surface area contributed by atoms with Crippen molar-refractivity contribution in [3.05, 3.63) is 63.7 Å². The number of carbonyl (C=O) groups excluding carboxylic acids is 1. The standard InChI is InChI=1S/C14H9ClN4O3/c15-9-5-6-16-12(7-9)14(21)22-8-19-13(20)10-3-1-2-4-11(10)17-18-19/h1-7H,8H2. The first-order valence-electron chi connectivity index (χ1n) is 6.26. The van der Waals surface area contributed by atoms with Crippen molar-refractivity contribution in [2.75, 3.05) is 0 Å². The number of fused-ring (bicyclic) bond motifs is 1. The minimum absolute atomic E-state index is 0.0503. The van der Waals surface area contributed by atoms with Crippen molar-refractivity contribution in [3.8, 4) is 0 Å². The number of carbonyl (C=O) groups is 1. The number of esters is 1. The molecular formula is C14H9ClN4O3. The molecule has 3 rings (SSSR count).